The number of aromatic nitrogens is 1. The topological polar surface area (TPSA) is 70.2 Å². The third kappa shape index (κ3) is 5.08. The third-order valence-electron chi connectivity index (χ3n) is 4.93. The van der Waals surface area contributed by atoms with Crippen molar-refractivity contribution < 1.29 is 4.79 Å². The van der Waals surface area contributed by atoms with Crippen LogP contribution in [0.5, 0.6) is 0 Å². The van der Waals surface area contributed by atoms with Gasteiger partial charge in [-0.05, 0) is 41.5 Å². The summed E-state index contributed by atoms with van der Waals surface area (Å²) in [4.78, 5) is 12.2. The Morgan fingerprint density at radius 2 is 1.74 bits per heavy atom. The van der Waals surface area contributed by atoms with Gasteiger partial charge in [-0.25, -0.2) is 5.43 Å². The van der Waals surface area contributed by atoms with Crippen LogP contribution in [0.4, 0.5) is 0 Å². The Morgan fingerprint density at radius 3 is 2.48 bits per heavy atom. The lowest BCUT2D eigenvalue weighted by Crippen LogP contribution is -2.19. The van der Waals surface area contributed by atoms with Gasteiger partial charge in [-0.2, -0.15) is 10.4 Å². The molecule has 0 spiro atoms. The number of rotatable bonds is 6. The van der Waals surface area contributed by atoms with Crippen LogP contribution in [0.1, 0.15) is 22.3 Å². The van der Waals surface area contributed by atoms with E-state index in [0.29, 0.717) is 12.1 Å². The maximum atomic E-state index is 12.2. The van der Waals surface area contributed by atoms with Gasteiger partial charge in [0, 0.05) is 33.7 Å². The molecule has 0 unspecified atom stereocenters. The number of benzene rings is 3. The molecule has 0 atom stereocenters. The molecular weight excluding hydrogens is 452 g/mol. The average molecular weight is 471 g/mol. The smallest absolute Gasteiger partial charge is 0.244 e. The van der Waals surface area contributed by atoms with Crippen molar-refractivity contribution in [2.75, 3.05) is 0 Å². The molecule has 1 amide bonds. The largest absolute Gasteiger partial charge is 0.342 e. The zero-order valence-electron chi connectivity index (χ0n) is 16.6. The first-order valence-corrected chi connectivity index (χ1v) is 10.5. The number of nitrogens with zero attached hydrogens (tertiary/aromatic N) is 3. The molecule has 0 aliphatic carbocycles. The van der Waals surface area contributed by atoms with Gasteiger partial charge in [0.15, 0.2) is 0 Å². The fourth-order valence-corrected chi connectivity index (χ4v) is 3.66. The van der Waals surface area contributed by atoms with Crippen LogP contribution in [-0.4, -0.2) is 16.7 Å². The van der Waals surface area contributed by atoms with Crippen LogP contribution in [0.3, 0.4) is 0 Å². The van der Waals surface area contributed by atoms with Gasteiger partial charge in [-0.15, -0.1) is 0 Å². The van der Waals surface area contributed by atoms with Crippen LogP contribution in [0.15, 0.2) is 88.6 Å². The number of amides is 1. The molecule has 152 valence electrons. The molecule has 5 nitrogen and oxygen atoms in total. The van der Waals surface area contributed by atoms with Crippen LogP contribution in [0.25, 0.3) is 10.9 Å². The number of para-hydroxylation sites is 1. The number of nitriles is 1. The number of carbonyl (C=O) groups is 1. The standard InChI is InChI=1S/C25H19BrN4O/c26-22-11-9-18(10-12-22)13-25(31)29-28-15-21-17-30(24-4-2-1-3-23(21)24)16-20-7-5-19(14-27)6-8-20/h1-12,15,17H,13,16H2,(H,29,31)/b28-15-. The zero-order valence-corrected chi connectivity index (χ0v) is 18.2. The lowest BCUT2D eigenvalue weighted by Gasteiger charge is -2.05. The molecule has 6 heteroatoms. The van der Waals surface area contributed by atoms with Crippen molar-refractivity contribution in [2.24, 2.45) is 5.10 Å². The highest BCUT2D eigenvalue weighted by molar-refractivity contribution is 9.10. The fraction of sp³-hybridized carbons (Fsp3) is 0.0800. The zero-order chi connectivity index (χ0) is 21.6. The molecule has 1 aromatic heterocycles. The Kier molecular flexibility index (Phi) is 6.25. The number of hydrogen-bond acceptors (Lipinski definition) is 3. The molecule has 0 bridgehead atoms. The summed E-state index contributed by atoms with van der Waals surface area (Å²) < 4.78 is 3.12. The van der Waals surface area contributed by atoms with Gasteiger partial charge < -0.3 is 4.57 Å². The molecule has 4 rings (SSSR count). The van der Waals surface area contributed by atoms with Crippen LogP contribution < -0.4 is 5.43 Å². The van der Waals surface area contributed by atoms with E-state index in [2.05, 4.69) is 43.2 Å². The molecule has 1 heterocycles. The van der Waals surface area contributed by atoms with Crippen molar-refractivity contribution in [1.82, 2.24) is 9.99 Å². The van der Waals surface area contributed by atoms with E-state index in [9.17, 15) is 4.79 Å². The van der Waals surface area contributed by atoms with Crippen molar-refractivity contribution in [3.8, 4) is 6.07 Å². The summed E-state index contributed by atoms with van der Waals surface area (Å²) in [5.74, 6) is -0.167. The molecule has 31 heavy (non-hydrogen) atoms. The van der Waals surface area contributed by atoms with Crippen LogP contribution in [-0.2, 0) is 17.8 Å². The molecule has 0 radical (unpaired) electrons. The van der Waals surface area contributed by atoms with Gasteiger partial charge in [0.1, 0.15) is 0 Å². The van der Waals surface area contributed by atoms with Crippen molar-refractivity contribution in [1.29, 1.82) is 5.26 Å². The summed E-state index contributed by atoms with van der Waals surface area (Å²) in [6.07, 6.45) is 3.97. The summed E-state index contributed by atoms with van der Waals surface area (Å²) >= 11 is 3.39. The first-order valence-electron chi connectivity index (χ1n) is 9.75. The van der Waals surface area contributed by atoms with E-state index in [0.717, 1.165) is 32.1 Å². The second-order valence-electron chi connectivity index (χ2n) is 7.13. The van der Waals surface area contributed by atoms with Crippen molar-refractivity contribution in [3.63, 3.8) is 0 Å². The highest BCUT2D eigenvalue weighted by atomic mass is 79.9. The molecule has 0 saturated carbocycles. The van der Waals surface area contributed by atoms with E-state index in [-0.39, 0.29) is 12.3 Å². The Hall–Kier alpha value is -3.69. The van der Waals surface area contributed by atoms with Gasteiger partial charge in [-0.1, -0.05) is 58.4 Å². The highest BCUT2D eigenvalue weighted by Crippen LogP contribution is 2.21. The van der Waals surface area contributed by atoms with E-state index in [1.807, 2.05) is 72.9 Å². The van der Waals surface area contributed by atoms with Crippen LogP contribution >= 0.6 is 15.9 Å². The second-order valence-corrected chi connectivity index (χ2v) is 8.05. The number of carbonyl (C=O) groups excluding carboxylic acids is 1. The molecule has 4 aromatic rings. The minimum Gasteiger partial charge on any atom is -0.342 e. The van der Waals surface area contributed by atoms with Crippen LogP contribution in [0, 0.1) is 11.3 Å². The van der Waals surface area contributed by atoms with Crippen LogP contribution in [0.2, 0.25) is 0 Å². The average Bonchev–Trinajstić information content (AvgIpc) is 3.13. The summed E-state index contributed by atoms with van der Waals surface area (Å²) in [6, 6.07) is 25.4. The summed E-state index contributed by atoms with van der Waals surface area (Å²) in [5.41, 5.74) is 7.29. The summed E-state index contributed by atoms with van der Waals surface area (Å²) in [7, 11) is 0. The van der Waals surface area contributed by atoms with Gasteiger partial charge in [-0.3, -0.25) is 4.79 Å². The van der Waals surface area contributed by atoms with E-state index >= 15 is 0 Å². The molecule has 0 aliphatic heterocycles. The second kappa shape index (κ2) is 9.41. The molecule has 3 aromatic carbocycles. The van der Waals surface area contributed by atoms with Gasteiger partial charge >= 0.3 is 0 Å². The predicted octanol–water partition coefficient (Wildman–Crippen LogP) is 5.02. The molecule has 0 aliphatic rings. The van der Waals surface area contributed by atoms with E-state index < -0.39 is 0 Å². The maximum Gasteiger partial charge on any atom is 0.244 e. The van der Waals surface area contributed by atoms with Crippen molar-refractivity contribution in [3.05, 3.63) is 106 Å². The minimum atomic E-state index is -0.167. The summed E-state index contributed by atoms with van der Waals surface area (Å²) in [5, 5.41) is 14.2. The normalized spacial score (nSPS) is 11.0. The predicted molar refractivity (Wildman–Crippen MR) is 126 cm³/mol. The van der Waals surface area contributed by atoms with Crippen molar-refractivity contribution >= 4 is 39.0 Å². The number of hydrogen-bond donors (Lipinski definition) is 1. The van der Waals surface area contributed by atoms with Crippen molar-refractivity contribution in [2.45, 2.75) is 13.0 Å². The fourth-order valence-electron chi connectivity index (χ4n) is 3.39. The Balaban J connectivity index is 1.49. The Morgan fingerprint density at radius 1 is 1.03 bits per heavy atom. The number of fused-ring (bicyclic) bond motifs is 1. The van der Waals surface area contributed by atoms with E-state index in [1.165, 1.54) is 0 Å². The molecule has 0 saturated heterocycles. The quantitative estimate of drug-likeness (QED) is 0.317. The monoisotopic (exact) mass is 470 g/mol. The van der Waals surface area contributed by atoms with Gasteiger partial charge in [0.05, 0.1) is 24.3 Å². The highest BCUT2D eigenvalue weighted by Gasteiger charge is 2.08. The molecule has 1 N–H and O–H groups in total. The number of halogens is 1. The van der Waals surface area contributed by atoms with Gasteiger partial charge in [0.25, 0.3) is 0 Å². The van der Waals surface area contributed by atoms with E-state index in [4.69, 9.17) is 5.26 Å². The number of nitrogens with one attached hydrogen (secondary N) is 1. The first-order chi connectivity index (χ1) is 15.1. The van der Waals surface area contributed by atoms with E-state index in [1.54, 1.807) is 6.21 Å². The Labute approximate surface area is 188 Å². The third-order valence-corrected chi connectivity index (χ3v) is 5.45. The number of hydrazone groups is 1. The maximum absolute atomic E-state index is 12.2. The summed E-state index contributed by atoms with van der Waals surface area (Å²) in [6.45, 7) is 0.677. The molecule has 0 fully saturated rings. The molecular formula is C25H19BrN4O. The first kappa shape index (κ1) is 20.6. The Bertz CT molecular complexity index is 1280. The SMILES string of the molecule is N#Cc1ccc(Cn2cc(/C=N\NC(=O)Cc3ccc(Br)cc3)c3ccccc32)cc1. The lowest BCUT2D eigenvalue weighted by molar-refractivity contribution is -0.120. The van der Waals surface area contributed by atoms with Gasteiger partial charge in [0.2, 0.25) is 5.91 Å². The minimum absolute atomic E-state index is 0.167. The lowest BCUT2D eigenvalue weighted by atomic mass is 10.1.